The van der Waals surface area contributed by atoms with Crippen LogP contribution >= 0.6 is 0 Å². The van der Waals surface area contributed by atoms with Crippen LogP contribution in [0, 0.1) is 5.82 Å². The molecule has 0 aromatic heterocycles. The van der Waals surface area contributed by atoms with Crippen molar-refractivity contribution in [3.05, 3.63) is 24.0 Å². The van der Waals surface area contributed by atoms with Crippen LogP contribution in [-0.2, 0) is 10.0 Å². The van der Waals surface area contributed by atoms with Crippen LogP contribution in [0.3, 0.4) is 0 Å². The highest BCUT2D eigenvalue weighted by molar-refractivity contribution is 7.89. The third kappa shape index (κ3) is 2.65. The maximum absolute atomic E-state index is 13.7. The second-order valence-corrected chi connectivity index (χ2v) is 6.79. The molecule has 0 aliphatic carbocycles. The largest absolute Gasteiger partial charge is 0.494 e. The van der Waals surface area contributed by atoms with Crippen LogP contribution in [0.15, 0.2) is 23.1 Å². The Morgan fingerprint density at radius 3 is 2.70 bits per heavy atom. The van der Waals surface area contributed by atoms with Crippen molar-refractivity contribution in [1.82, 2.24) is 9.62 Å². The molecule has 0 spiro atoms. The first-order valence-electron chi connectivity index (χ1n) is 6.46. The minimum atomic E-state index is -3.69. The van der Waals surface area contributed by atoms with E-state index in [4.69, 9.17) is 4.74 Å². The molecule has 1 saturated heterocycles. The van der Waals surface area contributed by atoms with Gasteiger partial charge in [0.25, 0.3) is 0 Å². The summed E-state index contributed by atoms with van der Waals surface area (Å²) in [7, 11) is -2.35. The van der Waals surface area contributed by atoms with Gasteiger partial charge in [-0.05, 0) is 32.0 Å². The molecule has 1 heterocycles. The highest BCUT2D eigenvalue weighted by Gasteiger charge is 2.34. The van der Waals surface area contributed by atoms with E-state index in [1.807, 2.05) is 13.8 Å². The molecule has 1 N–H and O–H groups in total. The summed E-state index contributed by atoms with van der Waals surface area (Å²) >= 11 is 0. The van der Waals surface area contributed by atoms with Crippen molar-refractivity contribution in [2.45, 2.75) is 30.8 Å². The molecule has 2 atom stereocenters. The molecule has 2 unspecified atom stereocenters. The molecule has 2 rings (SSSR count). The van der Waals surface area contributed by atoms with Crippen LogP contribution in [0.1, 0.15) is 13.8 Å². The number of nitrogens with zero attached hydrogens (tertiary/aromatic N) is 1. The number of hydrogen-bond donors (Lipinski definition) is 1. The Morgan fingerprint density at radius 2 is 2.10 bits per heavy atom. The Labute approximate surface area is 118 Å². The number of nitrogens with one attached hydrogen (secondary N) is 1. The molecular weight excluding hydrogens is 283 g/mol. The highest BCUT2D eigenvalue weighted by atomic mass is 32.2. The van der Waals surface area contributed by atoms with Gasteiger partial charge in [0.2, 0.25) is 10.0 Å². The molecule has 1 aromatic carbocycles. The maximum atomic E-state index is 13.7. The van der Waals surface area contributed by atoms with Crippen molar-refractivity contribution < 1.29 is 17.5 Å². The number of ether oxygens (including phenoxy) is 1. The van der Waals surface area contributed by atoms with E-state index in [0.29, 0.717) is 13.1 Å². The number of rotatable bonds is 3. The Morgan fingerprint density at radius 1 is 1.40 bits per heavy atom. The molecule has 1 aliphatic heterocycles. The number of piperazine rings is 1. The van der Waals surface area contributed by atoms with E-state index in [2.05, 4.69) is 5.32 Å². The lowest BCUT2D eigenvalue weighted by Gasteiger charge is -2.37. The van der Waals surface area contributed by atoms with Gasteiger partial charge < -0.3 is 10.1 Å². The number of sulfonamides is 1. The summed E-state index contributed by atoms with van der Waals surface area (Å²) in [6.45, 7) is 4.74. The molecule has 1 fully saturated rings. The molecule has 0 bridgehead atoms. The van der Waals surface area contributed by atoms with Gasteiger partial charge in [-0.15, -0.1) is 0 Å². The standard InChI is InChI=1S/C13H19FN2O3S/c1-9-10(2)16(7-6-15-9)20(17,18)11-4-5-13(19-3)12(14)8-11/h4-5,8-10,15H,6-7H2,1-3H3. The van der Waals surface area contributed by atoms with Crippen LogP contribution in [0.5, 0.6) is 5.75 Å². The number of halogens is 1. The van der Waals surface area contributed by atoms with E-state index in [0.717, 1.165) is 6.07 Å². The first-order chi connectivity index (χ1) is 9.37. The van der Waals surface area contributed by atoms with Gasteiger partial charge in [0.05, 0.1) is 12.0 Å². The van der Waals surface area contributed by atoms with E-state index < -0.39 is 15.8 Å². The van der Waals surface area contributed by atoms with Gasteiger partial charge in [-0.1, -0.05) is 0 Å². The summed E-state index contributed by atoms with van der Waals surface area (Å²) in [5.41, 5.74) is 0. The summed E-state index contributed by atoms with van der Waals surface area (Å²) < 4.78 is 45.1. The van der Waals surface area contributed by atoms with E-state index >= 15 is 0 Å². The molecular formula is C13H19FN2O3S. The lowest BCUT2D eigenvalue weighted by Crippen LogP contribution is -2.57. The molecule has 20 heavy (non-hydrogen) atoms. The lowest BCUT2D eigenvalue weighted by atomic mass is 10.1. The van der Waals surface area contributed by atoms with E-state index in [1.54, 1.807) is 0 Å². The number of methoxy groups -OCH3 is 1. The van der Waals surface area contributed by atoms with Gasteiger partial charge in [0, 0.05) is 25.2 Å². The zero-order chi connectivity index (χ0) is 14.9. The van der Waals surface area contributed by atoms with E-state index in [1.165, 1.54) is 23.5 Å². The number of benzene rings is 1. The molecule has 1 aliphatic rings. The Bertz CT molecular complexity index is 591. The van der Waals surface area contributed by atoms with Gasteiger partial charge in [-0.25, -0.2) is 12.8 Å². The smallest absolute Gasteiger partial charge is 0.243 e. The minimum Gasteiger partial charge on any atom is -0.494 e. The van der Waals surface area contributed by atoms with Crippen molar-refractivity contribution >= 4 is 10.0 Å². The van der Waals surface area contributed by atoms with Gasteiger partial charge in [0.1, 0.15) is 0 Å². The van der Waals surface area contributed by atoms with Gasteiger partial charge in [-0.3, -0.25) is 0 Å². The fourth-order valence-corrected chi connectivity index (χ4v) is 4.02. The van der Waals surface area contributed by atoms with Gasteiger partial charge >= 0.3 is 0 Å². The fraction of sp³-hybridized carbons (Fsp3) is 0.538. The second kappa shape index (κ2) is 5.67. The van der Waals surface area contributed by atoms with E-state index in [9.17, 15) is 12.8 Å². The third-order valence-electron chi connectivity index (χ3n) is 3.71. The maximum Gasteiger partial charge on any atom is 0.243 e. The molecule has 0 saturated carbocycles. The van der Waals surface area contributed by atoms with E-state index in [-0.39, 0.29) is 22.7 Å². The topological polar surface area (TPSA) is 58.6 Å². The predicted molar refractivity (Wildman–Crippen MR) is 73.8 cm³/mol. The van der Waals surface area contributed by atoms with Crippen LogP contribution < -0.4 is 10.1 Å². The van der Waals surface area contributed by atoms with Crippen LogP contribution in [0.25, 0.3) is 0 Å². The Kier molecular flexibility index (Phi) is 4.31. The minimum absolute atomic E-state index is 0.0330. The first-order valence-corrected chi connectivity index (χ1v) is 7.90. The van der Waals surface area contributed by atoms with Crippen LogP contribution in [0.2, 0.25) is 0 Å². The molecule has 0 radical (unpaired) electrons. The summed E-state index contributed by atoms with van der Waals surface area (Å²) in [6, 6.07) is 3.59. The summed E-state index contributed by atoms with van der Waals surface area (Å²) in [5.74, 6) is -0.643. The van der Waals surface area contributed by atoms with Crippen molar-refractivity contribution in [3.8, 4) is 5.75 Å². The quantitative estimate of drug-likeness (QED) is 0.911. The molecule has 112 valence electrons. The second-order valence-electron chi connectivity index (χ2n) is 4.90. The summed E-state index contributed by atoms with van der Waals surface area (Å²) in [4.78, 5) is -0.0447. The Balaban J connectivity index is 2.37. The monoisotopic (exact) mass is 302 g/mol. The number of hydrogen-bond acceptors (Lipinski definition) is 4. The van der Waals surface area contributed by atoms with Gasteiger partial charge in [0.15, 0.2) is 11.6 Å². The predicted octanol–water partition coefficient (Wildman–Crippen LogP) is 1.21. The SMILES string of the molecule is COc1ccc(S(=O)(=O)N2CCNC(C)C2C)cc1F. The first kappa shape index (κ1) is 15.2. The van der Waals surface area contributed by atoms with Crippen molar-refractivity contribution in [3.63, 3.8) is 0 Å². The Hall–Kier alpha value is -1.18. The average molecular weight is 302 g/mol. The van der Waals surface area contributed by atoms with Crippen molar-refractivity contribution in [2.24, 2.45) is 0 Å². The normalized spacial score (nSPS) is 24.6. The molecule has 1 aromatic rings. The molecule has 7 heteroatoms. The fourth-order valence-electron chi connectivity index (χ4n) is 2.31. The van der Waals surface area contributed by atoms with Crippen LogP contribution in [-0.4, -0.2) is 45.0 Å². The molecule has 0 amide bonds. The third-order valence-corrected chi connectivity index (χ3v) is 5.69. The molecule has 5 nitrogen and oxygen atoms in total. The highest BCUT2D eigenvalue weighted by Crippen LogP contribution is 2.25. The lowest BCUT2D eigenvalue weighted by molar-refractivity contribution is 0.232. The summed E-state index contributed by atoms with van der Waals surface area (Å²) in [6.07, 6.45) is 0. The van der Waals surface area contributed by atoms with Gasteiger partial charge in [-0.2, -0.15) is 4.31 Å². The van der Waals surface area contributed by atoms with Crippen molar-refractivity contribution in [2.75, 3.05) is 20.2 Å². The average Bonchev–Trinajstić information content (AvgIpc) is 2.41. The zero-order valence-corrected chi connectivity index (χ0v) is 12.6. The zero-order valence-electron chi connectivity index (χ0n) is 11.8. The summed E-state index contributed by atoms with van der Waals surface area (Å²) in [5, 5.41) is 3.21. The van der Waals surface area contributed by atoms with Crippen LogP contribution in [0.4, 0.5) is 4.39 Å². The van der Waals surface area contributed by atoms with Crippen molar-refractivity contribution in [1.29, 1.82) is 0 Å².